The fourth-order valence-electron chi connectivity index (χ4n) is 1.02. The van der Waals surface area contributed by atoms with Crippen LogP contribution in [0.1, 0.15) is 0 Å². The molecule has 62 valence electrons. The first kappa shape index (κ1) is 8.01. The van der Waals surface area contributed by atoms with Gasteiger partial charge in [0.15, 0.2) is 5.82 Å². The number of benzene rings is 1. The van der Waals surface area contributed by atoms with Crippen LogP contribution in [-0.4, -0.2) is 10.2 Å². The minimum atomic E-state index is -0.378. The molecule has 0 spiro atoms. The maximum absolute atomic E-state index is 13.0. The Kier molecular flexibility index (Phi) is 1.81. The quantitative estimate of drug-likeness (QED) is 0.763. The van der Waals surface area contributed by atoms with E-state index < -0.39 is 0 Å². The number of hydrogen-bond donors (Lipinski definition) is 1. The van der Waals surface area contributed by atoms with Crippen molar-refractivity contribution < 1.29 is 4.39 Å². The average molecular weight is 249 g/mol. The lowest BCUT2D eigenvalue weighted by molar-refractivity contribution is 0.636. The number of halogens is 3. The van der Waals surface area contributed by atoms with Gasteiger partial charge in [0.1, 0.15) is 10.7 Å². The number of nitrogens with one attached hydrogen (secondary N) is 1. The summed E-state index contributed by atoms with van der Waals surface area (Å²) < 4.78 is 13.8. The monoisotopic (exact) mass is 248 g/mol. The van der Waals surface area contributed by atoms with Gasteiger partial charge in [-0.15, -0.1) is 0 Å². The van der Waals surface area contributed by atoms with Crippen molar-refractivity contribution in [2.75, 3.05) is 0 Å². The lowest BCUT2D eigenvalue weighted by Gasteiger charge is -1.93. The Labute approximate surface area is 80.8 Å². The first-order valence-corrected chi connectivity index (χ1v) is 4.35. The molecular formula is C7H3BrClFN2. The SMILES string of the molecule is Fc1ccc(Br)c2c(Cl)[nH]nc12. The van der Waals surface area contributed by atoms with Gasteiger partial charge in [0.05, 0.1) is 5.39 Å². The van der Waals surface area contributed by atoms with Gasteiger partial charge < -0.3 is 0 Å². The molecule has 0 fully saturated rings. The maximum atomic E-state index is 13.0. The van der Waals surface area contributed by atoms with Crippen molar-refractivity contribution in [1.82, 2.24) is 10.2 Å². The smallest absolute Gasteiger partial charge is 0.151 e. The summed E-state index contributed by atoms with van der Waals surface area (Å²) in [5.41, 5.74) is 0.259. The summed E-state index contributed by atoms with van der Waals surface area (Å²) in [4.78, 5) is 0. The highest BCUT2D eigenvalue weighted by Crippen LogP contribution is 2.29. The highest BCUT2D eigenvalue weighted by molar-refractivity contribution is 9.10. The van der Waals surface area contributed by atoms with E-state index in [1.54, 1.807) is 6.07 Å². The molecule has 0 aliphatic heterocycles. The molecule has 1 heterocycles. The van der Waals surface area contributed by atoms with Gasteiger partial charge in [0.2, 0.25) is 0 Å². The zero-order valence-corrected chi connectivity index (χ0v) is 8.08. The van der Waals surface area contributed by atoms with E-state index in [2.05, 4.69) is 26.1 Å². The number of aromatic nitrogens is 2. The lowest BCUT2D eigenvalue weighted by Crippen LogP contribution is -1.77. The Hall–Kier alpha value is -0.610. The van der Waals surface area contributed by atoms with Gasteiger partial charge in [-0.2, -0.15) is 5.10 Å². The predicted octanol–water partition coefficient (Wildman–Crippen LogP) is 3.12. The van der Waals surface area contributed by atoms with Crippen molar-refractivity contribution in [3.05, 3.63) is 27.6 Å². The molecule has 0 unspecified atom stereocenters. The highest BCUT2D eigenvalue weighted by atomic mass is 79.9. The largest absolute Gasteiger partial charge is 0.266 e. The fraction of sp³-hybridized carbons (Fsp3) is 0. The van der Waals surface area contributed by atoms with E-state index in [1.807, 2.05) is 0 Å². The minimum Gasteiger partial charge on any atom is -0.266 e. The summed E-state index contributed by atoms with van der Waals surface area (Å²) in [6.07, 6.45) is 0. The van der Waals surface area contributed by atoms with Gasteiger partial charge in [0, 0.05) is 4.47 Å². The van der Waals surface area contributed by atoms with Crippen LogP contribution in [0.25, 0.3) is 10.9 Å². The zero-order chi connectivity index (χ0) is 8.72. The molecule has 0 saturated carbocycles. The Morgan fingerprint density at radius 3 is 2.92 bits per heavy atom. The molecule has 2 rings (SSSR count). The number of hydrogen-bond acceptors (Lipinski definition) is 1. The zero-order valence-electron chi connectivity index (χ0n) is 5.74. The molecule has 0 amide bonds. The molecule has 0 bridgehead atoms. The van der Waals surface area contributed by atoms with Crippen LogP contribution in [0.2, 0.25) is 5.15 Å². The molecule has 0 saturated heterocycles. The second-order valence-corrected chi connectivity index (χ2v) is 3.52. The van der Waals surface area contributed by atoms with Gasteiger partial charge >= 0.3 is 0 Å². The van der Waals surface area contributed by atoms with Crippen LogP contribution in [0.5, 0.6) is 0 Å². The summed E-state index contributed by atoms with van der Waals surface area (Å²) in [7, 11) is 0. The van der Waals surface area contributed by atoms with Gasteiger partial charge in [-0.25, -0.2) is 4.39 Å². The van der Waals surface area contributed by atoms with Crippen LogP contribution in [0.4, 0.5) is 4.39 Å². The Balaban J connectivity index is 2.98. The molecule has 1 N–H and O–H groups in total. The van der Waals surface area contributed by atoms with E-state index in [0.29, 0.717) is 10.5 Å². The van der Waals surface area contributed by atoms with Crippen LogP contribution < -0.4 is 0 Å². The summed E-state index contributed by atoms with van der Waals surface area (Å²) in [6, 6.07) is 2.93. The number of fused-ring (bicyclic) bond motifs is 1. The van der Waals surface area contributed by atoms with Crippen LogP contribution in [0.15, 0.2) is 16.6 Å². The number of nitrogens with zero attached hydrogens (tertiary/aromatic N) is 1. The molecule has 5 heteroatoms. The highest BCUT2D eigenvalue weighted by Gasteiger charge is 2.10. The first-order chi connectivity index (χ1) is 5.70. The number of rotatable bonds is 0. The molecule has 2 nitrogen and oxygen atoms in total. The molecule has 0 radical (unpaired) electrons. The van der Waals surface area contributed by atoms with Crippen molar-refractivity contribution in [2.45, 2.75) is 0 Å². The van der Waals surface area contributed by atoms with E-state index >= 15 is 0 Å². The summed E-state index contributed by atoms with van der Waals surface area (Å²) in [6.45, 7) is 0. The van der Waals surface area contributed by atoms with E-state index in [0.717, 1.165) is 4.47 Å². The average Bonchev–Trinajstić information content (AvgIpc) is 2.42. The topological polar surface area (TPSA) is 28.7 Å². The van der Waals surface area contributed by atoms with Crippen molar-refractivity contribution in [2.24, 2.45) is 0 Å². The third-order valence-corrected chi connectivity index (χ3v) is 2.50. The molecule has 0 atom stereocenters. The van der Waals surface area contributed by atoms with Gasteiger partial charge in [-0.3, -0.25) is 5.10 Å². The third-order valence-electron chi connectivity index (χ3n) is 1.56. The molecule has 12 heavy (non-hydrogen) atoms. The molecular weight excluding hydrogens is 246 g/mol. The van der Waals surface area contributed by atoms with E-state index in [9.17, 15) is 4.39 Å². The lowest BCUT2D eigenvalue weighted by atomic mass is 10.2. The number of H-pyrrole nitrogens is 1. The third kappa shape index (κ3) is 1.03. The van der Waals surface area contributed by atoms with E-state index in [4.69, 9.17) is 11.6 Å². The molecule has 1 aromatic heterocycles. The van der Waals surface area contributed by atoms with Crippen LogP contribution in [-0.2, 0) is 0 Å². The molecule has 0 aliphatic carbocycles. The Bertz CT molecular complexity index is 440. The fourth-order valence-corrected chi connectivity index (χ4v) is 1.89. The van der Waals surface area contributed by atoms with Crippen LogP contribution in [0.3, 0.4) is 0 Å². The van der Waals surface area contributed by atoms with Gasteiger partial charge in [-0.05, 0) is 28.1 Å². The van der Waals surface area contributed by atoms with Crippen molar-refractivity contribution in [3.8, 4) is 0 Å². The van der Waals surface area contributed by atoms with Crippen molar-refractivity contribution in [3.63, 3.8) is 0 Å². The first-order valence-electron chi connectivity index (χ1n) is 3.17. The number of aromatic amines is 1. The Morgan fingerprint density at radius 2 is 2.25 bits per heavy atom. The summed E-state index contributed by atoms with van der Waals surface area (Å²) >= 11 is 8.99. The van der Waals surface area contributed by atoms with Gasteiger partial charge in [-0.1, -0.05) is 11.6 Å². The standard InChI is InChI=1S/C7H3BrClFN2/c8-3-1-2-4(10)6-5(3)7(9)12-11-6/h1-2H,(H,11,12). The van der Waals surface area contributed by atoms with E-state index in [1.165, 1.54) is 6.07 Å². The molecule has 1 aromatic carbocycles. The van der Waals surface area contributed by atoms with Crippen molar-refractivity contribution in [1.29, 1.82) is 0 Å². The summed E-state index contributed by atoms with van der Waals surface area (Å²) in [5, 5.41) is 7.14. The van der Waals surface area contributed by atoms with E-state index in [-0.39, 0.29) is 11.3 Å². The second kappa shape index (κ2) is 2.71. The molecule has 2 aromatic rings. The predicted molar refractivity (Wildman–Crippen MR) is 48.8 cm³/mol. The van der Waals surface area contributed by atoms with Crippen molar-refractivity contribution >= 4 is 38.4 Å². The molecule has 0 aliphatic rings. The van der Waals surface area contributed by atoms with Crippen LogP contribution >= 0.6 is 27.5 Å². The Morgan fingerprint density at radius 1 is 1.50 bits per heavy atom. The minimum absolute atomic E-state index is 0.259. The maximum Gasteiger partial charge on any atom is 0.151 e. The van der Waals surface area contributed by atoms with Crippen LogP contribution in [0, 0.1) is 5.82 Å². The van der Waals surface area contributed by atoms with Gasteiger partial charge in [0.25, 0.3) is 0 Å². The summed E-state index contributed by atoms with van der Waals surface area (Å²) in [5.74, 6) is -0.378. The second-order valence-electron chi connectivity index (χ2n) is 2.29. The normalized spacial score (nSPS) is 10.9.